The van der Waals surface area contributed by atoms with E-state index in [4.69, 9.17) is 11.6 Å². The van der Waals surface area contributed by atoms with E-state index in [9.17, 15) is 0 Å². The van der Waals surface area contributed by atoms with Gasteiger partial charge in [0.1, 0.15) is 0 Å². The van der Waals surface area contributed by atoms with E-state index in [0.717, 1.165) is 30.1 Å². The third kappa shape index (κ3) is 1.56. The number of benzene rings is 1. The summed E-state index contributed by atoms with van der Waals surface area (Å²) < 4.78 is 0. The highest BCUT2D eigenvalue weighted by atomic mass is 35.5. The lowest BCUT2D eigenvalue weighted by molar-refractivity contribution is 0.277. The SMILES string of the molecule is C=Cc1ccc2c(c1Cl)CCC1(C)CNCC21. The largest absolute Gasteiger partial charge is 0.316 e. The molecule has 2 unspecified atom stereocenters. The summed E-state index contributed by atoms with van der Waals surface area (Å²) in [5, 5.41) is 4.45. The van der Waals surface area contributed by atoms with Crippen molar-refractivity contribution in [3.63, 3.8) is 0 Å². The molecule has 2 atom stereocenters. The van der Waals surface area contributed by atoms with Gasteiger partial charge >= 0.3 is 0 Å². The van der Waals surface area contributed by atoms with Crippen LogP contribution in [0.4, 0.5) is 0 Å². The standard InChI is InChI=1S/C15H18ClN/c1-3-10-4-5-11-12(14(10)16)6-7-15(2)9-17-8-13(11)15/h3-5,13,17H,1,6-9H2,2H3. The highest BCUT2D eigenvalue weighted by Crippen LogP contribution is 2.49. The molecule has 1 fully saturated rings. The first-order valence-electron chi connectivity index (χ1n) is 6.30. The average Bonchev–Trinajstić information content (AvgIpc) is 2.71. The molecule has 0 spiro atoms. The van der Waals surface area contributed by atoms with Crippen LogP contribution < -0.4 is 5.32 Å². The lowest BCUT2D eigenvalue weighted by atomic mass is 9.67. The second kappa shape index (κ2) is 3.86. The van der Waals surface area contributed by atoms with Gasteiger partial charge in [0.25, 0.3) is 0 Å². The monoisotopic (exact) mass is 247 g/mol. The summed E-state index contributed by atoms with van der Waals surface area (Å²) in [7, 11) is 0. The maximum Gasteiger partial charge on any atom is 0.0513 e. The number of halogens is 1. The van der Waals surface area contributed by atoms with Gasteiger partial charge in [0.2, 0.25) is 0 Å². The summed E-state index contributed by atoms with van der Waals surface area (Å²) in [6, 6.07) is 4.37. The second-order valence-electron chi connectivity index (χ2n) is 5.58. The van der Waals surface area contributed by atoms with Crippen LogP contribution in [-0.4, -0.2) is 13.1 Å². The van der Waals surface area contributed by atoms with Crippen molar-refractivity contribution in [2.75, 3.05) is 13.1 Å². The number of hydrogen-bond donors (Lipinski definition) is 1. The van der Waals surface area contributed by atoms with Crippen LogP contribution in [0.25, 0.3) is 6.08 Å². The van der Waals surface area contributed by atoms with E-state index in [2.05, 4.69) is 31.0 Å². The van der Waals surface area contributed by atoms with Crippen LogP contribution in [0, 0.1) is 5.41 Å². The number of rotatable bonds is 1. The predicted octanol–water partition coefficient (Wildman–Crippen LogP) is 3.62. The Labute approximate surface area is 108 Å². The van der Waals surface area contributed by atoms with Gasteiger partial charge in [-0.25, -0.2) is 0 Å². The maximum atomic E-state index is 6.47. The summed E-state index contributed by atoms with van der Waals surface area (Å²) in [5.74, 6) is 0.627. The van der Waals surface area contributed by atoms with Gasteiger partial charge in [-0.2, -0.15) is 0 Å². The molecule has 1 aliphatic carbocycles. The fourth-order valence-electron chi connectivity index (χ4n) is 3.42. The van der Waals surface area contributed by atoms with Crippen molar-refractivity contribution in [1.82, 2.24) is 5.32 Å². The Kier molecular flexibility index (Phi) is 2.57. The molecule has 0 radical (unpaired) electrons. The van der Waals surface area contributed by atoms with Crippen LogP contribution in [0.15, 0.2) is 18.7 Å². The molecule has 1 N–H and O–H groups in total. The Morgan fingerprint density at radius 2 is 2.35 bits per heavy atom. The van der Waals surface area contributed by atoms with E-state index in [-0.39, 0.29) is 0 Å². The number of nitrogens with one attached hydrogen (secondary N) is 1. The van der Waals surface area contributed by atoms with E-state index in [0.29, 0.717) is 11.3 Å². The first kappa shape index (κ1) is 11.3. The lowest BCUT2D eigenvalue weighted by Crippen LogP contribution is -2.30. The molecule has 1 saturated heterocycles. The first-order chi connectivity index (χ1) is 8.15. The Balaban J connectivity index is 2.14. The molecule has 0 amide bonds. The Morgan fingerprint density at radius 1 is 1.53 bits per heavy atom. The first-order valence-corrected chi connectivity index (χ1v) is 6.68. The fourth-order valence-corrected chi connectivity index (χ4v) is 3.77. The number of fused-ring (bicyclic) bond motifs is 3. The minimum atomic E-state index is 0.423. The molecular weight excluding hydrogens is 230 g/mol. The summed E-state index contributed by atoms with van der Waals surface area (Å²) in [4.78, 5) is 0. The van der Waals surface area contributed by atoms with Gasteiger partial charge in [-0.15, -0.1) is 0 Å². The zero-order chi connectivity index (χ0) is 12.0. The van der Waals surface area contributed by atoms with Crippen molar-refractivity contribution >= 4 is 17.7 Å². The molecule has 0 bridgehead atoms. The van der Waals surface area contributed by atoms with Gasteiger partial charge in [0.05, 0.1) is 5.02 Å². The Bertz CT molecular complexity index is 480. The molecule has 1 heterocycles. The van der Waals surface area contributed by atoms with Crippen LogP contribution in [0.1, 0.15) is 36.0 Å². The zero-order valence-corrected chi connectivity index (χ0v) is 11.0. The molecule has 1 aromatic rings. The van der Waals surface area contributed by atoms with Gasteiger partial charge in [-0.3, -0.25) is 0 Å². The molecule has 90 valence electrons. The predicted molar refractivity (Wildman–Crippen MR) is 73.6 cm³/mol. The topological polar surface area (TPSA) is 12.0 Å². The molecule has 1 nitrogen and oxygen atoms in total. The molecule has 1 aliphatic heterocycles. The highest BCUT2D eigenvalue weighted by molar-refractivity contribution is 6.33. The lowest BCUT2D eigenvalue weighted by Gasteiger charge is -2.37. The Hall–Kier alpha value is -0.790. The molecule has 0 aromatic heterocycles. The van der Waals surface area contributed by atoms with Gasteiger partial charge < -0.3 is 5.32 Å². The summed E-state index contributed by atoms with van der Waals surface area (Å²) in [6.45, 7) is 8.45. The van der Waals surface area contributed by atoms with Gasteiger partial charge in [0, 0.05) is 19.0 Å². The highest BCUT2D eigenvalue weighted by Gasteiger charge is 2.43. The van der Waals surface area contributed by atoms with E-state index in [1.807, 2.05) is 6.08 Å². The summed E-state index contributed by atoms with van der Waals surface area (Å²) in [6.07, 6.45) is 4.19. The van der Waals surface area contributed by atoms with Crippen LogP contribution in [0.3, 0.4) is 0 Å². The molecule has 1 aromatic carbocycles. The van der Waals surface area contributed by atoms with Gasteiger partial charge in [0.15, 0.2) is 0 Å². The molecule has 2 heteroatoms. The Morgan fingerprint density at radius 3 is 3.12 bits per heavy atom. The average molecular weight is 248 g/mol. The molecule has 3 rings (SSSR count). The molecule has 0 saturated carbocycles. The fraction of sp³-hybridized carbons (Fsp3) is 0.467. The van der Waals surface area contributed by atoms with Crippen LogP contribution in [0.5, 0.6) is 0 Å². The van der Waals surface area contributed by atoms with Crippen LogP contribution >= 0.6 is 11.6 Å². The van der Waals surface area contributed by atoms with Crippen LogP contribution in [0.2, 0.25) is 5.02 Å². The number of hydrogen-bond acceptors (Lipinski definition) is 1. The molecule has 17 heavy (non-hydrogen) atoms. The van der Waals surface area contributed by atoms with Gasteiger partial charge in [-0.05, 0) is 34.9 Å². The molecular formula is C15H18ClN. The van der Waals surface area contributed by atoms with Crippen molar-refractivity contribution in [3.05, 3.63) is 40.4 Å². The van der Waals surface area contributed by atoms with Crippen molar-refractivity contribution in [3.8, 4) is 0 Å². The molecule has 2 aliphatic rings. The van der Waals surface area contributed by atoms with E-state index < -0.39 is 0 Å². The summed E-state index contributed by atoms with van der Waals surface area (Å²) in [5.41, 5.74) is 4.31. The summed E-state index contributed by atoms with van der Waals surface area (Å²) >= 11 is 6.47. The quantitative estimate of drug-likeness (QED) is 0.799. The van der Waals surface area contributed by atoms with E-state index in [1.165, 1.54) is 17.5 Å². The van der Waals surface area contributed by atoms with E-state index >= 15 is 0 Å². The van der Waals surface area contributed by atoms with Crippen LogP contribution in [-0.2, 0) is 6.42 Å². The van der Waals surface area contributed by atoms with E-state index in [1.54, 1.807) is 0 Å². The maximum absolute atomic E-state index is 6.47. The van der Waals surface area contributed by atoms with Crippen molar-refractivity contribution in [2.24, 2.45) is 5.41 Å². The van der Waals surface area contributed by atoms with Gasteiger partial charge in [-0.1, -0.05) is 43.3 Å². The minimum absolute atomic E-state index is 0.423. The zero-order valence-electron chi connectivity index (χ0n) is 10.2. The van der Waals surface area contributed by atoms with Crippen molar-refractivity contribution in [1.29, 1.82) is 0 Å². The smallest absolute Gasteiger partial charge is 0.0513 e. The third-order valence-electron chi connectivity index (χ3n) is 4.57. The van der Waals surface area contributed by atoms with Crippen molar-refractivity contribution in [2.45, 2.75) is 25.7 Å². The second-order valence-corrected chi connectivity index (χ2v) is 5.96. The third-order valence-corrected chi connectivity index (χ3v) is 5.02. The normalized spacial score (nSPS) is 30.8. The minimum Gasteiger partial charge on any atom is -0.316 e. The van der Waals surface area contributed by atoms with Crippen molar-refractivity contribution < 1.29 is 0 Å².